The van der Waals surface area contributed by atoms with E-state index in [0.29, 0.717) is 11.5 Å². The topological polar surface area (TPSA) is 56.4 Å². The summed E-state index contributed by atoms with van der Waals surface area (Å²) in [6.07, 6.45) is 3.81. The summed E-state index contributed by atoms with van der Waals surface area (Å²) in [6.45, 7) is 3.95. The molecule has 1 aliphatic rings. The van der Waals surface area contributed by atoms with E-state index in [4.69, 9.17) is 0 Å². The summed E-state index contributed by atoms with van der Waals surface area (Å²) in [5, 5.41) is 0.892. The van der Waals surface area contributed by atoms with Crippen LogP contribution in [0.1, 0.15) is 30.1 Å². The van der Waals surface area contributed by atoms with Gasteiger partial charge in [0.2, 0.25) is 5.91 Å². The molecular formula is C18H23N3O2. The summed E-state index contributed by atoms with van der Waals surface area (Å²) in [5.41, 5.74) is 1.55. The summed E-state index contributed by atoms with van der Waals surface area (Å²) in [5.74, 6) is 0.596. The van der Waals surface area contributed by atoms with E-state index < -0.39 is 0 Å². The molecule has 122 valence electrons. The molecule has 1 aliphatic heterocycles. The van der Waals surface area contributed by atoms with Crippen molar-refractivity contribution in [2.75, 3.05) is 26.7 Å². The number of benzene rings is 1. The van der Waals surface area contributed by atoms with Crippen LogP contribution in [0.5, 0.6) is 0 Å². The predicted octanol–water partition coefficient (Wildman–Crippen LogP) is 2.50. The fourth-order valence-electron chi connectivity index (χ4n) is 3.09. The summed E-state index contributed by atoms with van der Waals surface area (Å²) >= 11 is 0. The van der Waals surface area contributed by atoms with Crippen LogP contribution >= 0.6 is 0 Å². The number of carbonyl (C=O) groups is 2. The number of nitrogens with one attached hydrogen (secondary N) is 1. The minimum absolute atomic E-state index is 0.0348. The van der Waals surface area contributed by atoms with Crippen molar-refractivity contribution in [2.24, 2.45) is 5.92 Å². The van der Waals surface area contributed by atoms with Crippen LogP contribution in [0, 0.1) is 5.92 Å². The zero-order valence-corrected chi connectivity index (χ0v) is 13.7. The molecule has 1 N–H and O–H groups in total. The van der Waals surface area contributed by atoms with E-state index in [1.807, 2.05) is 29.2 Å². The molecule has 0 spiro atoms. The van der Waals surface area contributed by atoms with Gasteiger partial charge in [-0.2, -0.15) is 0 Å². The van der Waals surface area contributed by atoms with E-state index >= 15 is 0 Å². The number of nitrogens with zero attached hydrogens (tertiary/aromatic N) is 2. The molecule has 23 heavy (non-hydrogen) atoms. The third-order valence-electron chi connectivity index (χ3n) is 4.68. The Morgan fingerprint density at radius 3 is 2.70 bits per heavy atom. The van der Waals surface area contributed by atoms with Crippen LogP contribution in [-0.4, -0.2) is 53.3 Å². The molecule has 1 aromatic carbocycles. The van der Waals surface area contributed by atoms with Crippen LogP contribution in [0.4, 0.5) is 0 Å². The van der Waals surface area contributed by atoms with Crippen molar-refractivity contribution < 1.29 is 9.59 Å². The van der Waals surface area contributed by atoms with E-state index in [-0.39, 0.29) is 18.4 Å². The van der Waals surface area contributed by atoms with Crippen molar-refractivity contribution >= 4 is 22.7 Å². The van der Waals surface area contributed by atoms with Gasteiger partial charge in [-0.25, -0.2) is 0 Å². The number of likely N-dealkylation sites (tertiary alicyclic amines) is 1. The van der Waals surface area contributed by atoms with E-state index in [1.54, 1.807) is 13.2 Å². The second-order valence-electron chi connectivity index (χ2n) is 6.47. The average molecular weight is 313 g/mol. The van der Waals surface area contributed by atoms with Gasteiger partial charge in [0.15, 0.2) is 0 Å². The van der Waals surface area contributed by atoms with Gasteiger partial charge in [0.25, 0.3) is 5.91 Å². The molecule has 2 aromatic rings. The van der Waals surface area contributed by atoms with Gasteiger partial charge in [0.1, 0.15) is 0 Å². The average Bonchev–Trinajstić information content (AvgIpc) is 2.98. The Balaban J connectivity index is 1.67. The van der Waals surface area contributed by atoms with E-state index in [2.05, 4.69) is 11.9 Å². The first-order valence-corrected chi connectivity index (χ1v) is 8.15. The first-order chi connectivity index (χ1) is 11.1. The van der Waals surface area contributed by atoms with E-state index in [9.17, 15) is 9.59 Å². The number of hydrogen-bond donors (Lipinski definition) is 1. The summed E-state index contributed by atoms with van der Waals surface area (Å²) in [4.78, 5) is 31.5. The fourth-order valence-corrected chi connectivity index (χ4v) is 3.09. The molecular weight excluding hydrogens is 290 g/mol. The van der Waals surface area contributed by atoms with Crippen LogP contribution in [0.15, 0.2) is 30.5 Å². The number of amides is 2. The maximum absolute atomic E-state index is 12.6. The number of likely N-dealkylation sites (N-methyl/N-ethyl adjacent to an activating group) is 1. The maximum atomic E-state index is 12.6. The molecule has 0 unspecified atom stereocenters. The Labute approximate surface area is 136 Å². The first-order valence-electron chi connectivity index (χ1n) is 8.15. The molecule has 5 nitrogen and oxygen atoms in total. The highest BCUT2D eigenvalue weighted by Gasteiger charge is 2.24. The highest BCUT2D eigenvalue weighted by atomic mass is 16.2. The molecule has 3 rings (SSSR count). The van der Waals surface area contributed by atoms with Gasteiger partial charge in [0, 0.05) is 37.2 Å². The number of fused-ring (bicyclic) bond motifs is 1. The quantitative estimate of drug-likeness (QED) is 0.946. The molecule has 5 heteroatoms. The molecule has 2 amide bonds. The van der Waals surface area contributed by atoms with Crippen LogP contribution in [-0.2, 0) is 4.79 Å². The van der Waals surface area contributed by atoms with Crippen molar-refractivity contribution in [2.45, 2.75) is 19.8 Å². The Kier molecular flexibility index (Phi) is 4.37. The van der Waals surface area contributed by atoms with Gasteiger partial charge in [-0.15, -0.1) is 0 Å². The van der Waals surface area contributed by atoms with Crippen LogP contribution in [0.25, 0.3) is 10.9 Å². The molecule has 0 aliphatic carbocycles. The van der Waals surface area contributed by atoms with Crippen molar-refractivity contribution in [1.82, 2.24) is 14.8 Å². The summed E-state index contributed by atoms with van der Waals surface area (Å²) < 4.78 is 0. The minimum atomic E-state index is -0.124. The van der Waals surface area contributed by atoms with Gasteiger partial charge in [0.05, 0.1) is 12.1 Å². The number of rotatable bonds is 3. The number of H-pyrrole nitrogens is 1. The Hall–Kier alpha value is -2.30. The van der Waals surface area contributed by atoms with Gasteiger partial charge < -0.3 is 14.8 Å². The number of para-hydroxylation sites is 1. The van der Waals surface area contributed by atoms with Crippen molar-refractivity contribution in [3.05, 3.63) is 36.0 Å². The molecule has 1 saturated heterocycles. The molecule has 1 fully saturated rings. The van der Waals surface area contributed by atoms with Gasteiger partial charge in [-0.1, -0.05) is 25.1 Å². The zero-order valence-electron chi connectivity index (χ0n) is 13.7. The van der Waals surface area contributed by atoms with E-state index in [0.717, 1.165) is 36.8 Å². The summed E-state index contributed by atoms with van der Waals surface area (Å²) in [6, 6.07) is 7.69. The Bertz CT molecular complexity index is 714. The number of hydrogen-bond acceptors (Lipinski definition) is 2. The normalized spacial score (nSPS) is 15.8. The zero-order chi connectivity index (χ0) is 16.4. The minimum Gasteiger partial charge on any atom is -0.360 e. The van der Waals surface area contributed by atoms with Crippen LogP contribution in [0.3, 0.4) is 0 Å². The van der Waals surface area contributed by atoms with Gasteiger partial charge >= 0.3 is 0 Å². The molecule has 1 aromatic heterocycles. The Morgan fingerprint density at radius 1 is 1.26 bits per heavy atom. The number of aromatic nitrogens is 1. The number of aromatic amines is 1. The van der Waals surface area contributed by atoms with Crippen LogP contribution in [0.2, 0.25) is 0 Å². The lowest BCUT2D eigenvalue weighted by atomic mass is 9.99. The third-order valence-corrected chi connectivity index (χ3v) is 4.68. The molecule has 0 atom stereocenters. The van der Waals surface area contributed by atoms with Crippen molar-refractivity contribution in [1.29, 1.82) is 0 Å². The van der Waals surface area contributed by atoms with Crippen molar-refractivity contribution in [3.63, 3.8) is 0 Å². The monoisotopic (exact) mass is 313 g/mol. The predicted molar refractivity (Wildman–Crippen MR) is 90.2 cm³/mol. The molecule has 0 bridgehead atoms. The Morgan fingerprint density at radius 2 is 1.96 bits per heavy atom. The smallest absolute Gasteiger partial charge is 0.256 e. The second kappa shape index (κ2) is 6.44. The largest absolute Gasteiger partial charge is 0.360 e. The fraction of sp³-hybridized carbons (Fsp3) is 0.444. The number of carbonyl (C=O) groups excluding carboxylic acids is 2. The lowest BCUT2D eigenvalue weighted by molar-refractivity contribution is -0.133. The first kappa shape index (κ1) is 15.6. The molecule has 0 saturated carbocycles. The SMILES string of the molecule is CC1CCN(C(=O)CN(C)C(=O)c2c[nH]c3ccccc23)CC1. The van der Waals surface area contributed by atoms with E-state index in [1.165, 1.54) is 4.90 Å². The van der Waals surface area contributed by atoms with Gasteiger partial charge in [-0.3, -0.25) is 9.59 Å². The van der Waals surface area contributed by atoms with Gasteiger partial charge in [-0.05, 0) is 24.8 Å². The lowest BCUT2D eigenvalue weighted by Crippen LogP contribution is -2.44. The second-order valence-corrected chi connectivity index (χ2v) is 6.47. The highest BCUT2D eigenvalue weighted by molar-refractivity contribution is 6.07. The molecule has 2 heterocycles. The summed E-state index contributed by atoms with van der Waals surface area (Å²) in [7, 11) is 1.69. The lowest BCUT2D eigenvalue weighted by Gasteiger charge is -2.31. The standard InChI is InChI=1S/C18H23N3O2/c1-13-7-9-21(10-8-13)17(22)12-20(2)18(23)15-11-19-16-6-4-3-5-14(15)16/h3-6,11,13,19H,7-10,12H2,1-2H3. The van der Waals surface area contributed by atoms with Crippen molar-refractivity contribution in [3.8, 4) is 0 Å². The number of piperidine rings is 1. The highest BCUT2D eigenvalue weighted by Crippen LogP contribution is 2.19. The maximum Gasteiger partial charge on any atom is 0.256 e. The van der Waals surface area contributed by atoms with Crippen LogP contribution < -0.4 is 0 Å². The molecule has 0 radical (unpaired) electrons. The third kappa shape index (κ3) is 3.23.